The van der Waals surface area contributed by atoms with Gasteiger partial charge in [0.2, 0.25) is 0 Å². The number of methoxy groups -OCH3 is 1. The number of rotatable bonds is 9. The van der Waals surface area contributed by atoms with Crippen LogP contribution < -0.4 is 9.47 Å². The van der Waals surface area contributed by atoms with Crippen LogP contribution in [0.1, 0.15) is 68.4 Å². The van der Waals surface area contributed by atoms with E-state index in [-0.39, 0.29) is 17.7 Å². The average molecular weight is 441 g/mol. The Labute approximate surface area is 189 Å². The van der Waals surface area contributed by atoms with Crippen molar-refractivity contribution in [3.05, 3.63) is 59.4 Å². The number of carboxylic acids is 1. The zero-order valence-corrected chi connectivity index (χ0v) is 18.9. The Kier molecular flexibility index (Phi) is 7.02. The number of ether oxygens (including phenoxy) is 2. The smallest absolute Gasteiger partial charge is 0.306 e. The molecule has 4 nitrogen and oxygen atoms in total. The van der Waals surface area contributed by atoms with E-state index in [2.05, 4.69) is 0 Å². The third-order valence-corrected chi connectivity index (χ3v) is 7.28. The summed E-state index contributed by atoms with van der Waals surface area (Å²) in [5.41, 5.74) is 1.83. The maximum absolute atomic E-state index is 14.3. The van der Waals surface area contributed by atoms with Gasteiger partial charge in [-0.2, -0.15) is 0 Å². The number of hydrogen-bond acceptors (Lipinski definition) is 3. The van der Waals surface area contributed by atoms with E-state index in [1.54, 1.807) is 13.2 Å². The molecule has 0 saturated heterocycles. The topological polar surface area (TPSA) is 55.8 Å². The average Bonchev–Trinajstić information content (AvgIpc) is 3.64. The first-order chi connectivity index (χ1) is 15.5. The van der Waals surface area contributed by atoms with Gasteiger partial charge < -0.3 is 14.6 Å². The molecule has 0 spiro atoms. The summed E-state index contributed by atoms with van der Waals surface area (Å²) in [6, 6.07) is 13.0. The number of aliphatic carboxylic acids is 1. The quantitative estimate of drug-likeness (QED) is 0.490. The first-order valence-electron chi connectivity index (χ1n) is 11.7. The molecule has 2 aromatic carbocycles. The highest BCUT2D eigenvalue weighted by molar-refractivity contribution is 5.71. The van der Waals surface area contributed by atoms with Crippen LogP contribution in [-0.4, -0.2) is 24.8 Å². The van der Waals surface area contributed by atoms with Gasteiger partial charge in [-0.15, -0.1) is 0 Å². The molecule has 0 aliphatic heterocycles. The third-order valence-electron chi connectivity index (χ3n) is 7.28. The van der Waals surface area contributed by atoms with E-state index in [1.165, 1.54) is 6.07 Å². The molecule has 5 heteroatoms. The van der Waals surface area contributed by atoms with Crippen molar-refractivity contribution in [2.45, 2.75) is 57.3 Å². The molecule has 0 aromatic heterocycles. The van der Waals surface area contributed by atoms with Crippen molar-refractivity contribution in [1.29, 1.82) is 0 Å². The van der Waals surface area contributed by atoms with Gasteiger partial charge in [-0.05, 0) is 104 Å². The molecule has 2 aliphatic carbocycles. The van der Waals surface area contributed by atoms with Crippen LogP contribution in [0.5, 0.6) is 11.5 Å². The summed E-state index contributed by atoms with van der Waals surface area (Å²) in [5.74, 6) is 1.40. The summed E-state index contributed by atoms with van der Waals surface area (Å²) in [5, 5.41) is 9.52. The highest BCUT2D eigenvalue weighted by Gasteiger charge is 2.38. The molecule has 172 valence electrons. The molecule has 0 bridgehead atoms. The fourth-order valence-corrected chi connectivity index (χ4v) is 5.21. The molecule has 2 aromatic rings. The molecule has 4 rings (SSSR count). The molecule has 0 amide bonds. The van der Waals surface area contributed by atoms with Crippen molar-refractivity contribution in [1.82, 2.24) is 0 Å². The van der Waals surface area contributed by atoms with Crippen molar-refractivity contribution in [3.8, 4) is 11.5 Å². The van der Waals surface area contributed by atoms with Gasteiger partial charge in [0, 0.05) is 0 Å². The number of carboxylic acid groups (broad SMARTS) is 1. The number of halogens is 1. The largest absolute Gasteiger partial charge is 0.497 e. The van der Waals surface area contributed by atoms with Crippen molar-refractivity contribution in [2.24, 2.45) is 17.8 Å². The summed E-state index contributed by atoms with van der Waals surface area (Å²) in [6.07, 6.45) is 6.09. The van der Waals surface area contributed by atoms with Crippen molar-refractivity contribution in [2.75, 3.05) is 13.7 Å². The highest BCUT2D eigenvalue weighted by Crippen LogP contribution is 2.47. The number of hydrogen-bond donors (Lipinski definition) is 1. The predicted molar refractivity (Wildman–Crippen MR) is 122 cm³/mol. The van der Waals surface area contributed by atoms with Crippen LogP contribution in [0.15, 0.2) is 42.5 Å². The standard InChI is InChI=1S/C27H33FO4/c1-17(27(29)30)26(20-10-11-20)21-4-3-5-23(14-21)32-16-18-6-8-19(9-7-18)24-15-22(31-2)12-13-25(24)28/h3-5,12-15,17-20,26H,6-11,16H2,1-2H3,(H,29,30)/t17-,18-,19-,26-/m0/s1. The SMILES string of the molecule is COc1ccc(F)c([C@H]2CC[C@H](COc3cccc([C@H](C4CC4)[C@H](C)C(=O)O)c3)CC2)c1. The lowest BCUT2D eigenvalue weighted by Crippen LogP contribution is -2.21. The van der Waals surface area contributed by atoms with Gasteiger partial charge in [-0.3, -0.25) is 4.79 Å². The van der Waals surface area contributed by atoms with Crippen molar-refractivity contribution >= 4 is 5.97 Å². The summed E-state index contributed by atoms with van der Waals surface area (Å²) in [6.45, 7) is 2.45. The molecular weight excluding hydrogens is 407 g/mol. The van der Waals surface area contributed by atoms with Gasteiger partial charge in [0.1, 0.15) is 17.3 Å². The van der Waals surface area contributed by atoms with Crippen LogP contribution >= 0.6 is 0 Å². The predicted octanol–water partition coefficient (Wildman–Crippen LogP) is 6.40. The Morgan fingerprint density at radius 3 is 2.47 bits per heavy atom. The molecule has 0 radical (unpaired) electrons. The van der Waals surface area contributed by atoms with Gasteiger partial charge in [-0.25, -0.2) is 4.39 Å². The molecule has 0 heterocycles. The summed E-state index contributed by atoms with van der Waals surface area (Å²) in [7, 11) is 1.61. The van der Waals surface area contributed by atoms with Crippen LogP contribution in [0.25, 0.3) is 0 Å². The van der Waals surface area contributed by atoms with E-state index in [9.17, 15) is 14.3 Å². The zero-order chi connectivity index (χ0) is 22.7. The van der Waals surface area contributed by atoms with Gasteiger partial charge in [0.05, 0.1) is 19.6 Å². The minimum absolute atomic E-state index is 0.0456. The lowest BCUT2D eigenvalue weighted by molar-refractivity contribution is -0.142. The Morgan fingerprint density at radius 2 is 1.81 bits per heavy atom. The Morgan fingerprint density at radius 1 is 1.06 bits per heavy atom. The molecule has 1 N–H and O–H groups in total. The van der Waals surface area contributed by atoms with Crippen molar-refractivity contribution < 1.29 is 23.8 Å². The van der Waals surface area contributed by atoms with Crippen LogP contribution in [-0.2, 0) is 4.79 Å². The lowest BCUT2D eigenvalue weighted by Gasteiger charge is -2.29. The minimum Gasteiger partial charge on any atom is -0.497 e. The van der Waals surface area contributed by atoms with Crippen LogP contribution in [0.2, 0.25) is 0 Å². The van der Waals surface area contributed by atoms with Crippen LogP contribution in [0.4, 0.5) is 4.39 Å². The summed E-state index contributed by atoms with van der Waals surface area (Å²) >= 11 is 0. The first-order valence-corrected chi connectivity index (χ1v) is 11.7. The maximum Gasteiger partial charge on any atom is 0.306 e. The summed E-state index contributed by atoms with van der Waals surface area (Å²) in [4.78, 5) is 11.6. The van der Waals surface area contributed by atoms with E-state index >= 15 is 0 Å². The second-order valence-corrected chi connectivity index (χ2v) is 9.48. The second-order valence-electron chi connectivity index (χ2n) is 9.48. The minimum atomic E-state index is -0.738. The monoisotopic (exact) mass is 440 g/mol. The van der Waals surface area contributed by atoms with Gasteiger partial charge in [0.25, 0.3) is 0 Å². The maximum atomic E-state index is 14.3. The van der Waals surface area contributed by atoms with E-state index in [0.717, 1.165) is 55.4 Å². The Bertz CT molecular complexity index is 931. The molecule has 32 heavy (non-hydrogen) atoms. The second kappa shape index (κ2) is 9.93. The molecule has 2 fully saturated rings. The molecule has 0 unspecified atom stereocenters. The van der Waals surface area contributed by atoms with E-state index in [1.807, 2.05) is 37.3 Å². The fraction of sp³-hybridized carbons (Fsp3) is 0.519. The number of benzene rings is 2. The molecular formula is C27H33FO4. The molecule has 2 aliphatic rings. The fourth-order valence-electron chi connectivity index (χ4n) is 5.21. The van der Waals surface area contributed by atoms with Crippen LogP contribution in [0, 0.1) is 23.6 Å². The normalized spacial score (nSPS) is 22.7. The van der Waals surface area contributed by atoms with Crippen molar-refractivity contribution in [3.63, 3.8) is 0 Å². The third kappa shape index (κ3) is 5.25. The summed E-state index contributed by atoms with van der Waals surface area (Å²) < 4.78 is 25.7. The van der Waals surface area contributed by atoms with Gasteiger partial charge in [-0.1, -0.05) is 19.1 Å². The highest BCUT2D eigenvalue weighted by atomic mass is 19.1. The first kappa shape index (κ1) is 22.6. The lowest BCUT2D eigenvalue weighted by atomic mass is 9.79. The van der Waals surface area contributed by atoms with E-state index in [4.69, 9.17) is 9.47 Å². The van der Waals surface area contributed by atoms with E-state index in [0.29, 0.717) is 24.2 Å². The van der Waals surface area contributed by atoms with E-state index < -0.39 is 11.9 Å². The Hall–Kier alpha value is -2.56. The van der Waals surface area contributed by atoms with Crippen LogP contribution in [0.3, 0.4) is 0 Å². The number of carbonyl (C=O) groups is 1. The molecule has 2 atom stereocenters. The van der Waals surface area contributed by atoms with Gasteiger partial charge >= 0.3 is 5.97 Å². The van der Waals surface area contributed by atoms with Gasteiger partial charge in [0.15, 0.2) is 0 Å². The zero-order valence-electron chi connectivity index (χ0n) is 18.9. The molecule has 2 saturated carbocycles. The Balaban J connectivity index is 1.33.